The normalized spacial score (nSPS) is 19.6. The Morgan fingerprint density at radius 1 is 1.28 bits per heavy atom. The van der Waals surface area contributed by atoms with Crippen LogP contribution in [0, 0.1) is 11.3 Å². The first-order valence-corrected chi connectivity index (χ1v) is 8.63. The second-order valence-corrected chi connectivity index (χ2v) is 7.95. The van der Waals surface area contributed by atoms with Crippen molar-refractivity contribution in [1.29, 1.82) is 0 Å². The Morgan fingerprint density at radius 3 is 2.39 bits per heavy atom. The Bertz CT molecular complexity index is 332. The Kier molecular flexibility index (Phi) is 6.08. The molecule has 1 rings (SSSR count). The zero-order chi connectivity index (χ0) is 13.6. The van der Waals surface area contributed by atoms with E-state index in [1.807, 2.05) is 0 Å². The number of rotatable bonds is 8. The van der Waals surface area contributed by atoms with E-state index in [1.165, 1.54) is 12.8 Å². The Morgan fingerprint density at radius 2 is 1.89 bits per heavy atom. The largest absolute Gasteiger partial charge is 0.396 e. The summed E-state index contributed by atoms with van der Waals surface area (Å²) in [5, 5.41) is 8.69. The maximum Gasteiger partial charge on any atom is 0.211 e. The summed E-state index contributed by atoms with van der Waals surface area (Å²) in [5.74, 6) is 0.631. The fraction of sp³-hybridized carbons (Fsp3) is 1.00. The van der Waals surface area contributed by atoms with E-state index in [2.05, 4.69) is 18.6 Å². The lowest BCUT2D eigenvalue weighted by molar-refractivity contribution is 0.236. The van der Waals surface area contributed by atoms with Gasteiger partial charge >= 0.3 is 0 Å². The van der Waals surface area contributed by atoms with Crippen LogP contribution < -0.4 is 4.72 Å². The van der Waals surface area contributed by atoms with Crippen LogP contribution in [0.2, 0.25) is 0 Å². The Balaban J connectivity index is 2.52. The molecular weight excluding hydrogens is 250 g/mol. The summed E-state index contributed by atoms with van der Waals surface area (Å²) in [4.78, 5) is 0. The van der Waals surface area contributed by atoms with Gasteiger partial charge in [-0.2, -0.15) is 0 Å². The van der Waals surface area contributed by atoms with E-state index < -0.39 is 10.0 Å². The van der Waals surface area contributed by atoms with Gasteiger partial charge in [0.1, 0.15) is 0 Å². The molecular formula is C13H27NO3S. The summed E-state index contributed by atoms with van der Waals surface area (Å²) in [6, 6.07) is 0. The molecule has 1 aliphatic carbocycles. The van der Waals surface area contributed by atoms with Crippen LogP contribution in [0.5, 0.6) is 0 Å². The molecule has 0 aromatic carbocycles. The van der Waals surface area contributed by atoms with Crippen molar-refractivity contribution in [2.24, 2.45) is 11.3 Å². The van der Waals surface area contributed by atoms with Gasteiger partial charge in [0.25, 0.3) is 0 Å². The maximum atomic E-state index is 11.8. The number of aliphatic hydroxyl groups excluding tert-OH is 1. The molecule has 0 aromatic rings. The summed E-state index contributed by atoms with van der Waals surface area (Å²) < 4.78 is 26.2. The predicted octanol–water partition coefficient (Wildman–Crippen LogP) is 1.89. The SMILES string of the molecule is CC(C)CC1(CNS(=O)(=O)CCCO)CCCC1. The molecule has 5 heteroatoms. The van der Waals surface area contributed by atoms with Crippen molar-refractivity contribution in [3.63, 3.8) is 0 Å². The van der Waals surface area contributed by atoms with Crippen LogP contribution in [-0.2, 0) is 10.0 Å². The van der Waals surface area contributed by atoms with Crippen LogP contribution >= 0.6 is 0 Å². The van der Waals surface area contributed by atoms with E-state index in [4.69, 9.17) is 5.11 Å². The van der Waals surface area contributed by atoms with Gasteiger partial charge in [0.05, 0.1) is 5.75 Å². The highest BCUT2D eigenvalue weighted by Gasteiger charge is 2.35. The third kappa shape index (κ3) is 5.24. The highest BCUT2D eigenvalue weighted by atomic mass is 32.2. The first-order chi connectivity index (χ1) is 8.39. The number of hydrogen-bond acceptors (Lipinski definition) is 3. The van der Waals surface area contributed by atoms with Gasteiger partial charge in [-0.15, -0.1) is 0 Å². The molecule has 0 radical (unpaired) electrons. The van der Waals surface area contributed by atoms with Crippen molar-refractivity contribution in [1.82, 2.24) is 4.72 Å². The van der Waals surface area contributed by atoms with Gasteiger partial charge in [0.2, 0.25) is 10.0 Å². The summed E-state index contributed by atoms with van der Waals surface area (Å²) in [7, 11) is -3.22. The quantitative estimate of drug-likeness (QED) is 0.712. The number of sulfonamides is 1. The summed E-state index contributed by atoms with van der Waals surface area (Å²) >= 11 is 0. The van der Waals surface area contributed by atoms with Crippen LogP contribution in [0.4, 0.5) is 0 Å². The van der Waals surface area contributed by atoms with Gasteiger partial charge in [-0.25, -0.2) is 13.1 Å². The van der Waals surface area contributed by atoms with E-state index in [1.54, 1.807) is 0 Å². The molecule has 0 amide bonds. The number of nitrogens with one attached hydrogen (secondary N) is 1. The van der Waals surface area contributed by atoms with Gasteiger partial charge in [-0.05, 0) is 37.0 Å². The van der Waals surface area contributed by atoms with Gasteiger partial charge in [0, 0.05) is 13.2 Å². The van der Waals surface area contributed by atoms with Crippen molar-refractivity contribution in [3.8, 4) is 0 Å². The number of hydrogen-bond donors (Lipinski definition) is 2. The summed E-state index contributed by atoms with van der Waals surface area (Å²) in [5.41, 5.74) is 0.167. The fourth-order valence-electron chi connectivity index (χ4n) is 3.03. The Labute approximate surface area is 111 Å². The molecule has 0 unspecified atom stereocenters. The van der Waals surface area contributed by atoms with Crippen molar-refractivity contribution in [3.05, 3.63) is 0 Å². The number of aliphatic hydroxyl groups is 1. The highest BCUT2D eigenvalue weighted by molar-refractivity contribution is 7.89. The molecule has 0 heterocycles. The predicted molar refractivity (Wildman–Crippen MR) is 73.8 cm³/mol. The molecule has 0 saturated heterocycles. The minimum atomic E-state index is -3.22. The smallest absolute Gasteiger partial charge is 0.211 e. The van der Waals surface area contributed by atoms with E-state index in [9.17, 15) is 8.42 Å². The molecule has 0 spiro atoms. The molecule has 1 fully saturated rings. The zero-order valence-electron chi connectivity index (χ0n) is 11.6. The fourth-order valence-corrected chi connectivity index (χ4v) is 4.21. The van der Waals surface area contributed by atoms with Crippen molar-refractivity contribution < 1.29 is 13.5 Å². The maximum absolute atomic E-state index is 11.8. The molecule has 108 valence electrons. The molecule has 1 aliphatic rings. The lowest BCUT2D eigenvalue weighted by Gasteiger charge is -2.31. The van der Waals surface area contributed by atoms with Gasteiger partial charge < -0.3 is 5.11 Å². The molecule has 0 bridgehead atoms. The monoisotopic (exact) mass is 277 g/mol. The molecule has 0 atom stereocenters. The van der Waals surface area contributed by atoms with Crippen LogP contribution in [0.3, 0.4) is 0 Å². The van der Waals surface area contributed by atoms with Crippen LogP contribution in [0.25, 0.3) is 0 Å². The van der Waals surface area contributed by atoms with Crippen molar-refractivity contribution >= 4 is 10.0 Å². The minimum Gasteiger partial charge on any atom is -0.396 e. The van der Waals surface area contributed by atoms with E-state index in [-0.39, 0.29) is 17.8 Å². The lowest BCUT2D eigenvalue weighted by Crippen LogP contribution is -2.38. The first kappa shape index (κ1) is 15.9. The average Bonchev–Trinajstić information content (AvgIpc) is 2.72. The third-order valence-corrected chi connectivity index (χ3v) is 5.15. The lowest BCUT2D eigenvalue weighted by atomic mass is 9.79. The third-order valence-electron chi connectivity index (χ3n) is 3.74. The summed E-state index contributed by atoms with van der Waals surface area (Å²) in [6.07, 6.45) is 6.10. The molecule has 4 nitrogen and oxygen atoms in total. The molecule has 0 aliphatic heterocycles. The standard InChI is InChI=1S/C13H27NO3S/c1-12(2)10-13(6-3-4-7-13)11-14-18(16,17)9-5-8-15/h12,14-15H,3-11H2,1-2H3. The van der Waals surface area contributed by atoms with E-state index in [0.717, 1.165) is 19.3 Å². The van der Waals surface area contributed by atoms with Crippen LogP contribution in [0.15, 0.2) is 0 Å². The van der Waals surface area contributed by atoms with Gasteiger partial charge in [0.15, 0.2) is 0 Å². The second-order valence-electron chi connectivity index (χ2n) is 6.02. The van der Waals surface area contributed by atoms with Gasteiger partial charge in [-0.3, -0.25) is 0 Å². The Hall–Kier alpha value is -0.130. The minimum absolute atomic E-state index is 0.0290. The van der Waals surface area contributed by atoms with Crippen LogP contribution in [0.1, 0.15) is 52.4 Å². The van der Waals surface area contributed by atoms with Gasteiger partial charge in [-0.1, -0.05) is 26.7 Å². The topological polar surface area (TPSA) is 66.4 Å². The van der Waals surface area contributed by atoms with Crippen molar-refractivity contribution in [2.45, 2.75) is 52.4 Å². The molecule has 2 N–H and O–H groups in total. The summed E-state index contributed by atoms with van der Waals surface area (Å²) in [6.45, 7) is 4.89. The first-order valence-electron chi connectivity index (χ1n) is 6.97. The molecule has 1 saturated carbocycles. The van der Waals surface area contributed by atoms with Crippen LogP contribution in [-0.4, -0.2) is 32.4 Å². The van der Waals surface area contributed by atoms with E-state index >= 15 is 0 Å². The van der Waals surface area contributed by atoms with Crippen molar-refractivity contribution in [2.75, 3.05) is 18.9 Å². The highest BCUT2D eigenvalue weighted by Crippen LogP contribution is 2.42. The second kappa shape index (κ2) is 6.87. The molecule has 18 heavy (non-hydrogen) atoms. The van der Waals surface area contributed by atoms with E-state index in [0.29, 0.717) is 18.9 Å². The zero-order valence-corrected chi connectivity index (χ0v) is 12.4. The average molecular weight is 277 g/mol. The molecule has 0 aromatic heterocycles.